The van der Waals surface area contributed by atoms with Crippen LogP contribution in [-0.2, 0) is 32.7 Å². The first-order valence-electron chi connectivity index (χ1n) is 33.7. The molecule has 0 aromatic rings. The lowest BCUT2D eigenvalue weighted by Gasteiger charge is -2.28. The summed E-state index contributed by atoms with van der Waals surface area (Å²) in [4.78, 5) is 37.9. The molecule has 0 aromatic carbocycles. The van der Waals surface area contributed by atoms with Gasteiger partial charge in [-0.3, -0.25) is 14.2 Å². The van der Waals surface area contributed by atoms with E-state index in [9.17, 15) is 19.0 Å². The lowest BCUT2D eigenvalue weighted by Crippen LogP contribution is -2.37. The first-order valence-corrected chi connectivity index (χ1v) is 35.2. The molecular weight excluding hydrogens is 966 g/mol. The van der Waals surface area contributed by atoms with E-state index in [0.29, 0.717) is 17.4 Å². The Balaban J connectivity index is 3.93. The first kappa shape index (κ1) is 75.0. The fourth-order valence-electron chi connectivity index (χ4n) is 10.4. The van der Waals surface area contributed by atoms with Gasteiger partial charge in [-0.05, 0) is 12.8 Å². The van der Waals surface area contributed by atoms with E-state index in [2.05, 4.69) is 13.8 Å². The second kappa shape index (κ2) is 58.7. The van der Waals surface area contributed by atoms with Gasteiger partial charge in [0.05, 0.1) is 27.7 Å². The number of quaternary nitrogens is 1. The molecule has 9 nitrogen and oxygen atoms in total. The molecule has 0 aliphatic heterocycles. The number of unbranched alkanes of at least 4 members (excludes halogenated alkanes) is 50. The molecule has 0 amide bonds. The SMILES string of the molecule is CCCCCCCCCCCCCCCCCCCCCCCCCCCCCCCCCCCCC(=O)OC(COC(=O)CCCCCCCCCCCCCCCCCCCC)COP(=O)([O-])OCC[N+](C)(C)C. The highest BCUT2D eigenvalue weighted by atomic mass is 31.2. The molecule has 0 aromatic heterocycles. The molecule has 0 saturated heterocycles. The van der Waals surface area contributed by atoms with Gasteiger partial charge in [0.2, 0.25) is 0 Å². The van der Waals surface area contributed by atoms with E-state index in [4.69, 9.17) is 18.5 Å². The van der Waals surface area contributed by atoms with E-state index in [1.807, 2.05) is 21.1 Å². The molecule has 0 bridgehead atoms. The molecule has 0 rings (SSSR count). The molecule has 2 atom stereocenters. The maximum Gasteiger partial charge on any atom is 0.306 e. The van der Waals surface area contributed by atoms with Gasteiger partial charge >= 0.3 is 11.9 Å². The van der Waals surface area contributed by atoms with Crippen molar-refractivity contribution in [2.24, 2.45) is 0 Å². The predicted octanol–water partition coefficient (Wildman–Crippen LogP) is 20.8. The maximum atomic E-state index is 12.8. The van der Waals surface area contributed by atoms with Crippen molar-refractivity contribution in [2.75, 3.05) is 47.5 Å². The lowest BCUT2D eigenvalue weighted by atomic mass is 10.0. The van der Waals surface area contributed by atoms with Crippen molar-refractivity contribution in [3.8, 4) is 0 Å². The van der Waals surface area contributed by atoms with E-state index in [1.165, 1.54) is 295 Å². The normalized spacial score (nSPS) is 13.1. The molecule has 0 spiro atoms. The highest BCUT2D eigenvalue weighted by Gasteiger charge is 2.22. The topological polar surface area (TPSA) is 111 Å². The highest BCUT2D eigenvalue weighted by molar-refractivity contribution is 7.45. The van der Waals surface area contributed by atoms with Crippen LogP contribution in [0.1, 0.15) is 361 Å². The zero-order chi connectivity index (χ0) is 55.6. The van der Waals surface area contributed by atoms with Gasteiger partial charge in [0, 0.05) is 12.8 Å². The smallest absolute Gasteiger partial charge is 0.306 e. The number of likely N-dealkylation sites (N-methyl/N-ethyl adjacent to an activating group) is 1. The molecule has 0 radical (unpaired) electrons. The number of hydrogen-bond acceptors (Lipinski definition) is 8. The fraction of sp³-hybridized carbons (Fsp3) is 0.970. The van der Waals surface area contributed by atoms with Crippen molar-refractivity contribution < 1.29 is 42.1 Å². The summed E-state index contributed by atoms with van der Waals surface area (Å²) in [5.41, 5.74) is 0. The summed E-state index contributed by atoms with van der Waals surface area (Å²) < 4.78 is 34.3. The van der Waals surface area contributed by atoms with Gasteiger partial charge in [0.1, 0.15) is 19.8 Å². The van der Waals surface area contributed by atoms with Gasteiger partial charge in [-0.15, -0.1) is 0 Å². The minimum Gasteiger partial charge on any atom is -0.756 e. The molecule has 0 N–H and O–H groups in total. The van der Waals surface area contributed by atoms with Crippen LogP contribution in [0.2, 0.25) is 0 Å². The van der Waals surface area contributed by atoms with Crippen LogP contribution < -0.4 is 4.89 Å². The second-order valence-corrected chi connectivity index (χ2v) is 26.0. The van der Waals surface area contributed by atoms with Gasteiger partial charge in [0.15, 0.2) is 6.10 Å². The molecule has 0 aliphatic carbocycles. The van der Waals surface area contributed by atoms with Crippen molar-refractivity contribution >= 4 is 19.8 Å². The largest absolute Gasteiger partial charge is 0.756 e. The number of phosphoric acid groups is 1. The highest BCUT2D eigenvalue weighted by Crippen LogP contribution is 2.38. The fourth-order valence-corrected chi connectivity index (χ4v) is 11.2. The third-order valence-electron chi connectivity index (χ3n) is 15.6. The van der Waals surface area contributed by atoms with Crippen LogP contribution in [0.5, 0.6) is 0 Å². The lowest BCUT2D eigenvalue weighted by molar-refractivity contribution is -0.870. The van der Waals surface area contributed by atoms with Gasteiger partial charge in [-0.25, -0.2) is 0 Å². The number of esters is 2. The zero-order valence-electron chi connectivity index (χ0n) is 51.7. The summed E-state index contributed by atoms with van der Waals surface area (Å²) in [6, 6.07) is 0. The predicted molar refractivity (Wildman–Crippen MR) is 324 cm³/mol. The Kier molecular flexibility index (Phi) is 57.9. The van der Waals surface area contributed by atoms with E-state index < -0.39 is 26.5 Å². The average molecular weight is 1100 g/mol. The van der Waals surface area contributed by atoms with Crippen LogP contribution in [0, 0.1) is 0 Å². The van der Waals surface area contributed by atoms with E-state index in [1.54, 1.807) is 0 Å². The third-order valence-corrected chi connectivity index (χ3v) is 16.6. The Morgan fingerprint density at radius 2 is 0.592 bits per heavy atom. The number of nitrogens with zero attached hydrogens (tertiary/aromatic N) is 1. The van der Waals surface area contributed by atoms with Crippen molar-refractivity contribution in [1.29, 1.82) is 0 Å². The zero-order valence-corrected chi connectivity index (χ0v) is 52.6. The maximum absolute atomic E-state index is 12.8. The van der Waals surface area contributed by atoms with Crippen molar-refractivity contribution in [3.05, 3.63) is 0 Å². The monoisotopic (exact) mass is 1100 g/mol. The van der Waals surface area contributed by atoms with Crippen LogP contribution in [0.15, 0.2) is 0 Å². The Hall–Kier alpha value is -0.990. The Labute approximate surface area is 474 Å². The van der Waals surface area contributed by atoms with Gasteiger partial charge in [-0.2, -0.15) is 0 Å². The third kappa shape index (κ3) is 62.2. The number of carbonyl (C=O) groups excluding carboxylic acids is 2. The van der Waals surface area contributed by atoms with Crippen molar-refractivity contribution in [2.45, 2.75) is 367 Å². The summed E-state index contributed by atoms with van der Waals surface area (Å²) in [6.07, 6.45) is 69.0. The van der Waals surface area contributed by atoms with Crippen LogP contribution in [0.3, 0.4) is 0 Å². The van der Waals surface area contributed by atoms with Crippen LogP contribution in [0.4, 0.5) is 0 Å². The molecule has 76 heavy (non-hydrogen) atoms. The van der Waals surface area contributed by atoms with Gasteiger partial charge in [-0.1, -0.05) is 335 Å². The molecule has 0 saturated carbocycles. The molecule has 0 aliphatic rings. The molecule has 0 fully saturated rings. The second-order valence-electron chi connectivity index (χ2n) is 24.6. The molecule has 10 heteroatoms. The minimum absolute atomic E-state index is 0.0249. The summed E-state index contributed by atoms with van der Waals surface area (Å²) in [6.45, 7) is 4.33. The van der Waals surface area contributed by atoms with Crippen LogP contribution in [0.25, 0.3) is 0 Å². The minimum atomic E-state index is -4.63. The number of hydrogen-bond donors (Lipinski definition) is 0. The quantitative estimate of drug-likeness (QED) is 0.0256. The van der Waals surface area contributed by atoms with E-state index >= 15 is 0 Å². The number of rotatable bonds is 64. The molecule has 2 unspecified atom stereocenters. The van der Waals surface area contributed by atoms with Crippen LogP contribution in [-0.4, -0.2) is 70.0 Å². The Bertz CT molecular complexity index is 1240. The number of ether oxygens (including phenoxy) is 2. The standard InChI is InChI=1S/C66H132NO8P/c1-6-8-10-12-14-16-18-20-22-24-26-27-28-29-30-31-32-33-34-35-36-37-38-39-40-41-43-45-47-49-51-53-55-57-59-66(69)75-64(63-74-76(70,71)73-61-60-67(3,4)5)62-72-65(68)58-56-54-52-50-48-46-44-42-25-23-21-19-17-15-13-11-9-7-2/h64H,6-63H2,1-5H3. The number of carbonyl (C=O) groups is 2. The Morgan fingerprint density at radius 1 is 0.355 bits per heavy atom. The van der Waals surface area contributed by atoms with Crippen LogP contribution >= 0.6 is 7.82 Å². The molecule has 454 valence electrons. The van der Waals surface area contributed by atoms with Gasteiger partial charge < -0.3 is 27.9 Å². The summed E-state index contributed by atoms with van der Waals surface area (Å²) in [7, 11) is 1.19. The van der Waals surface area contributed by atoms with Gasteiger partial charge in [0.25, 0.3) is 7.82 Å². The summed E-state index contributed by atoms with van der Waals surface area (Å²) >= 11 is 0. The molecular formula is C66H132NO8P. The summed E-state index contributed by atoms with van der Waals surface area (Å²) in [5.74, 6) is -0.806. The molecule has 0 heterocycles. The Morgan fingerprint density at radius 3 is 0.842 bits per heavy atom. The average Bonchev–Trinajstić information content (AvgIpc) is 3.38. The van der Waals surface area contributed by atoms with E-state index in [0.717, 1.165) is 32.1 Å². The van der Waals surface area contributed by atoms with E-state index in [-0.39, 0.29) is 32.0 Å². The summed E-state index contributed by atoms with van der Waals surface area (Å²) in [5, 5.41) is 0. The number of phosphoric ester groups is 1. The first-order chi connectivity index (χ1) is 37.0. The van der Waals surface area contributed by atoms with Crippen molar-refractivity contribution in [3.63, 3.8) is 0 Å². The van der Waals surface area contributed by atoms with Crippen molar-refractivity contribution in [1.82, 2.24) is 0 Å².